The molecule has 15 heavy (non-hydrogen) atoms. The van der Waals surface area contributed by atoms with E-state index in [2.05, 4.69) is 0 Å². The van der Waals surface area contributed by atoms with Gasteiger partial charge >= 0.3 is 5.97 Å². The van der Waals surface area contributed by atoms with Crippen LogP contribution in [0.2, 0.25) is 0 Å². The lowest BCUT2D eigenvalue weighted by Gasteiger charge is -2.07. The zero-order valence-electron chi connectivity index (χ0n) is 8.99. The first kappa shape index (κ1) is 11.7. The molecule has 0 atom stereocenters. The Morgan fingerprint density at radius 1 is 1.47 bits per heavy atom. The summed E-state index contributed by atoms with van der Waals surface area (Å²) in [5.74, 6) is -0.850. The fourth-order valence-corrected chi connectivity index (χ4v) is 1.55. The van der Waals surface area contributed by atoms with Gasteiger partial charge in [0.25, 0.3) is 0 Å². The predicted octanol–water partition coefficient (Wildman–Crippen LogP) is 1.84. The Bertz CT molecular complexity index is 347. The second-order valence-electron chi connectivity index (χ2n) is 3.54. The van der Waals surface area contributed by atoms with Gasteiger partial charge in [0.15, 0.2) is 0 Å². The van der Waals surface area contributed by atoms with E-state index in [1.54, 1.807) is 6.07 Å². The van der Waals surface area contributed by atoms with Gasteiger partial charge in [-0.05, 0) is 43.0 Å². The maximum atomic E-state index is 11.0. The lowest BCUT2D eigenvalue weighted by Crippen LogP contribution is -2.06. The summed E-state index contributed by atoms with van der Waals surface area (Å²) in [6, 6.07) is 5.64. The van der Waals surface area contributed by atoms with Crippen molar-refractivity contribution >= 4 is 5.97 Å². The number of carboxylic acids is 1. The smallest absolute Gasteiger partial charge is 0.335 e. The summed E-state index contributed by atoms with van der Waals surface area (Å²) >= 11 is 0. The van der Waals surface area contributed by atoms with Gasteiger partial charge in [-0.25, -0.2) is 4.79 Å². The number of carbonyl (C=O) groups is 1. The summed E-state index contributed by atoms with van der Waals surface area (Å²) in [6.45, 7) is 2.61. The Balaban J connectivity index is 2.98. The summed E-state index contributed by atoms with van der Waals surface area (Å²) in [5.41, 5.74) is 7.77. The van der Waals surface area contributed by atoms with Crippen LogP contribution in [0.15, 0.2) is 18.2 Å². The molecule has 1 aromatic carbocycles. The third-order valence-electron chi connectivity index (χ3n) is 2.46. The molecule has 1 aromatic rings. The molecule has 0 saturated heterocycles. The molecule has 0 fully saturated rings. The van der Waals surface area contributed by atoms with Crippen molar-refractivity contribution in [1.29, 1.82) is 0 Å². The van der Waals surface area contributed by atoms with Crippen molar-refractivity contribution in [3.8, 4) is 0 Å². The lowest BCUT2D eigenvalue weighted by molar-refractivity contribution is 0.0695. The summed E-state index contributed by atoms with van der Waals surface area (Å²) in [5, 5.41) is 9.05. The second-order valence-corrected chi connectivity index (χ2v) is 3.54. The van der Waals surface area contributed by atoms with Gasteiger partial charge in [0, 0.05) is 0 Å². The minimum Gasteiger partial charge on any atom is -0.478 e. The molecule has 0 unspecified atom stereocenters. The number of nitrogens with two attached hydrogens (primary N) is 1. The number of carboxylic acid groups (broad SMARTS) is 1. The van der Waals surface area contributed by atoms with Crippen molar-refractivity contribution < 1.29 is 9.90 Å². The quantitative estimate of drug-likeness (QED) is 0.774. The van der Waals surface area contributed by atoms with Crippen molar-refractivity contribution in [2.45, 2.75) is 26.2 Å². The first-order valence-electron chi connectivity index (χ1n) is 5.24. The van der Waals surface area contributed by atoms with E-state index < -0.39 is 5.97 Å². The Kier molecular flexibility index (Phi) is 4.31. The molecule has 0 aliphatic rings. The third-order valence-corrected chi connectivity index (χ3v) is 2.46. The van der Waals surface area contributed by atoms with Gasteiger partial charge in [0.1, 0.15) is 0 Å². The Labute approximate surface area is 89.9 Å². The number of hydrogen-bond donors (Lipinski definition) is 2. The van der Waals surface area contributed by atoms with Gasteiger partial charge in [0.2, 0.25) is 0 Å². The van der Waals surface area contributed by atoms with E-state index in [1.807, 2.05) is 19.1 Å². The van der Waals surface area contributed by atoms with Crippen molar-refractivity contribution in [2.24, 2.45) is 5.73 Å². The lowest BCUT2D eigenvalue weighted by atomic mass is 9.99. The number of aryl methyl sites for hydroxylation is 2. The van der Waals surface area contributed by atoms with Crippen LogP contribution < -0.4 is 5.73 Å². The summed E-state index contributed by atoms with van der Waals surface area (Å²) in [7, 11) is 0. The van der Waals surface area contributed by atoms with Gasteiger partial charge in [-0.1, -0.05) is 19.1 Å². The van der Waals surface area contributed by atoms with E-state index in [1.165, 1.54) is 0 Å². The van der Waals surface area contributed by atoms with E-state index in [0.717, 1.165) is 30.4 Å². The highest BCUT2D eigenvalue weighted by Crippen LogP contribution is 2.14. The van der Waals surface area contributed by atoms with Crippen LogP contribution in [0.3, 0.4) is 0 Å². The highest BCUT2D eigenvalue weighted by Gasteiger charge is 2.09. The highest BCUT2D eigenvalue weighted by molar-refractivity contribution is 5.89. The third kappa shape index (κ3) is 3.06. The maximum Gasteiger partial charge on any atom is 0.335 e. The first-order valence-corrected chi connectivity index (χ1v) is 5.24. The molecule has 0 radical (unpaired) electrons. The Hall–Kier alpha value is -1.35. The standard InChI is InChI=1S/C12H17NO2/c1-2-9-5-6-10(4-3-7-13)11(8-9)12(14)15/h5-6,8H,2-4,7,13H2,1H3,(H,14,15). The molecule has 0 aromatic heterocycles. The average Bonchev–Trinajstić information content (AvgIpc) is 2.26. The molecule has 0 spiro atoms. The van der Waals surface area contributed by atoms with Crippen LogP contribution in [0.1, 0.15) is 34.8 Å². The minimum absolute atomic E-state index is 0.419. The van der Waals surface area contributed by atoms with Crippen molar-refractivity contribution in [3.63, 3.8) is 0 Å². The highest BCUT2D eigenvalue weighted by atomic mass is 16.4. The van der Waals surface area contributed by atoms with Crippen LogP contribution in [0.25, 0.3) is 0 Å². The molecular weight excluding hydrogens is 190 g/mol. The number of hydrogen-bond acceptors (Lipinski definition) is 2. The maximum absolute atomic E-state index is 11.0. The van der Waals surface area contributed by atoms with Gasteiger partial charge in [-0.2, -0.15) is 0 Å². The summed E-state index contributed by atoms with van der Waals surface area (Å²) < 4.78 is 0. The topological polar surface area (TPSA) is 63.3 Å². The van der Waals surface area contributed by atoms with Crippen molar-refractivity contribution in [1.82, 2.24) is 0 Å². The van der Waals surface area contributed by atoms with Crippen molar-refractivity contribution in [3.05, 3.63) is 34.9 Å². The molecule has 82 valence electrons. The molecule has 0 heterocycles. The van der Waals surface area contributed by atoms with Crippen LogP contribution in [-0.4, -0.2) is 17.6 Å². The molecule has 1 rings (SSSR count). The number of rotatable bonds is 5. The zero-order valence-corrected chi connectivity index (χ0v) is 8.99. The van der Waals surface area contributed by atoms with Crippen LogP contribution in [0, 0.1) is 0 Å². The molecule has 0 amide bonds. The Morgan fingerprint density at radius 2 is 2.20 bits per heavy atom. The molecule has 0 aliphatic heterocycles. The molecular formula is C12H17NO2. The first-order chi connectivity index (χ1) is 7.19. The number of aromatic carboxylic acids is 1. The van der Waals surface area contributed by atoms with Gasteiger partial charge in [0.05, 0.1) is 5.56 Å². The summed E-state index contributed by atoms with van der Waals surface area (Å²) in [6.07, 6.45) is 2.42. The Morgan fingerprint density at radius 3 is 2.73 bits per heavy atom. The van der Waals surface area contributed by atoms with E-state index in [9.17, 15) is 4.79 Å². The SMILES string of the molecule is CCc1ccc(CCCN)c(C(=O)O)c1. The van der Waals surface area contributed by atoms with Crippen molar-refractivity contribution in [2.75, 3.05) is 6.54 Å². The van der Waals surface area contributed by atoms with Gasteiger partial charge in [-0.15, -0.1) is 0 Å². The largest absolute Gasteiger partial charge is 0.478 e. The van der Waals surface area contributed by atoms with Crippen LogP contribution in [0.5, 0.6) is 0 Å². The molecule has 3 nitrogen and oxygen atoms in total. The normalized spacial score (nSPS) is 10.3. The minimum atomic E-state index is -0.850. The van der Waals surface area contributed by atoms with Gasteiger partial charge < -0.3 is 10.8 Å². The van der Waals surface area contributed by atoms with Crippen LogP contribution >= 0.6 is 0 Å². The molecule has 0 saturated carbocycles. The molecule has 0 bridgehead atoms. The van der Waals surface area contributed by atoms with Crippen LogP contribution in [-0.2, 0) is 12.8 Å². The number of benzene rings is 1. The predicted molar refractivity (Wildman–Crippen MR) is 60.2 cm³/mol. The fraction of sp³-hybridized carbons (Fsp3) is 0.417. The van der Waals surface area contributed by atoms with Gasteiger partial charge in [-0.3, -0.25) is 0 Å². The van der Waals surface area contributed by atoms with E-state index >= 15 is 0 Å². The molecule has 3 heteroatoms. The molecule has 3 N–H and O–H groups in total. The molecule has 0 aliphatic carbocycles. The van der Waals surface area contributed by atoms with E-state index in [4.69, 9.17) is 10.8 Å². The van der Waals surface area contributed by atoms with Crippen LogP contribution in [0.4, 0.5) is 0 Å². The van der Waals surface area contributed by atoms with E-state index in [0.29, 0.717) is 12.1 Å². The monoisotopic (exact) mass is 207 g/mol. The zero-order chi connectivity index (χ0) is 11.3. The second kappa shape index (κ2) is 5.51. The average molecular weight is 207 g/mol. The fourth-order valence-electron chi connectivity index (χ4n) is 1.55. The summed E-state index contributed by atoms with van der Waals surface area (Å²) in [4.78, 5) is 11.0. The van der Waals surface area contributed by atoms with E-state index in [-0.39, 0.29) is 0 Å².